The number of hydrogen-bond donors (Lipinski definition) is 1. The van der Waals surface area contributed by atoms with Gasteiger partial charge in [0.25, 0.3) is 5.91 Å². The van der Waals surface area contributed by atoms with E-state index in [0.717, 1.165) is 5.56 Å². The van der Waals surface area contributed by atoms with E-state index in [1.165, 1.54) is 4.31 Å². The SMILES string of the molecule is CCN(CC)S(=O)(=O)c1ccc([C@H](C)NC(=O)c2ccc(-n3ccnc3)nn2)cc1. The number of rotatable bonds is 8. The fraction of sp³-hybridized carbons (Fsp3) is 0.300. The molecule has 3 rings (SSSR count). The standard InChI is InChI=1S/C20H24N6O3S/c1-4-26(5-2)30(28,29)17-8-6-16(7-9-17)15(3)22-20(27)18-10-11-19(24-23-18)25-13-12-21-14-25/h6-15H,4-5H2,1-3H3,(H,22,27)/t15-/m0/s1. The first-order valence-electron chi connectivity index (χ1n) is 9.59. The van der Waals surface area contributed by atoms with Crippen LogP contribution in [0.15, 0.2) is 60.0 Å². The van der Waals surface area contributed by atoms with Gasteiger partial charge in [0.1, 0.15) is 6.33 Å². The molecule has 0 aliphatic carbocycles. The third-order valence-corrected chi connectivity index (χ3v) is 6.79. The second kappa shape index (κ2) is 9.14. The van der Waals surface area contributed by atoms with Gasteiger partial charge in [-0.15, -0.1) is 10.2 Å². The van der Waals surface area contributed by atoms with Crippen LogP contribution in [0.2, 0.25) is 0 Å². The van der Waals surface area contributed by atoms with Crippen LogP contribution in [0.1, 0.15) is 42.9 Å². The van der Waals surface area contributed by atoms with Crippen molar-refractivity contribution in [1.82, 2.24) is 29.4 Å². The minimum atomic E-state index is -3.51. The van der Waals surface area contributed by atoms with E-state index in [1.54, 1.807) is 73.5 Å². The van der Waals surface area contributed by atoms with Gasteiger partial charge in [-0.1, -0.05) is 26.0 Å². The number of benzene rings is 1. The Balaban J connectivity index is 1.68. The maximum Gasteiger partial charge on any atom is 0.272 e. The lowest BCUT2D eigenvalue weighted by molar-refractivity contribution is 0.0933. The Labute approximate surface area is 175 Å². The summed E-state index contributed by atoms with van der Waals surface area (Å²) in [5.41, 5.74) is 0.969. The first-order valence-corrected chi connectivity index (χ1v) is 11.0. The van der Waals surface area contributed by atoms with E-state index >= 15 is 0 Å². The third kappa shape index (κ3) is 4.55. The Morgan fingerprint density at radius 3 is 2.33 bits per heavy atom. The van der Waals surface area contributed by atoms with Gasteiger partial charge in [0.05, 0.1) is 10.9 Å². The van der Waals surface area contributed by atoms with Crippen LogP contribution >= 0.6 is 0 Å². The summed E-state index contributed by atoms with van der Waals surface area (Å²) in [6.07, 6.45) is 4.95. The molecule has 158 valence electrons. The van der Waals surface area contributed by atoms with Crippen molar-refractivity contribution in [2.24, 2.45) is 0 Å². The number of nitrogens with one attached hydrogen (secondary N) is 1. The Hall–Kier alpha value is -3.11. The molecule has 0 fully saturated rings. The third-order valence-electron chi connectivity index (χ3n) is 4.72. The summed E-state index contributed by atoms with van der Waals surface area (Å²) in [7, 11) is -3.51. The maximum absolute atomic E-state index is 12.6. The monoisotopic (exact) mass is 428 g/mol. The zero-order valence-electron chi connectivity index (χ0n) is 17.1. The second-order valence-corrected chi connectivity index (χ2v) is 8.54. The molecule has 0 bridgehead atoms. The van der Waals surface area contributed by atoms with Crippen LogP contribution < -0.4 is 5.32 Å². The average molecular weight is 429 g/mol. The van der Waals surface area contributed by atoms with Gasteiger partial charge in [-0.3, -0.25) is 9.36 Å². The van der Waals surface area contributed by atoms with Gasteiger partial charge in [0, 0.05) is 25.5 Å². The Morgan fingerprint density at radius 1 is 1.10 bits per heavy atom. The highest BCUT2D eigenvalue weighted by atomic mass is 32.2. The summed E-state index contributed by atoms with van der Waals surface area (Å²) in [4.78, 5) is 16.7. The van der Waals surface area contributed by atoms with E-state index in [-0.39, 0.29) is 22.5 Å². The molecule has 9 nitrogen and oxygen atoms in total. The molecule has 0 saturated heterocycles. The maximum atomic E-state index is 12.6. The molecule has 3 aromatic rings. The van der Waals surface area contributed by atoms with Gasteiger partial charge >= 0.3 is 0 Å². The number of sulfonamides is 1. The predicted octanol–water partition coefficient (Wildman–Crippen LogP) is 2.18. The molecule has 0 radical (unpaired) electrons. The molecule has 0 spiro atoms. The molecule has 2 aromatic heterocycles. The lowest BCUT2D eigenvalue weighted by Gasteiger charge is -2.19. The van der Waals surface area contributed by atoms with Crippen LogP contribution in [-0.2, 0) is 10.0 Å². The van der Waals surface area contributed by atoms with Crippen LogP contribution in [0.25, 0.3) is 5.82 Å². The first kappa shape index (κ1) is 21.6. The summed E-state index contributed by atoms with van der Waals surface area (Å²) >= 11 is 0. The van der Waals surface area contributed by atoms with E-state index in [9.17, 15) is 13.2 Å². The van der Waals surface area contributed by atoms with Crippen LogP contribution in [0.5, 0.6) is 0 Å². The molecule has 30 heavy (non-hydrogen) atoms. The van der Waals surface area contributed by atoms with Crippen molar-refractivity contribution in [2.45, 2.75) is 31.7 Å². The van der Waals surface area contributed by atoms with Crippen molar-refractivity contribution in [3.63, 3.8) is 0 Å². The summed E-state index contributed by atoms with van der Waals surface area (Å²) < 4.78 is 28.3. The lowest BCUT2D eigenvalue weighted by atomic mass is 10.1. The minimum Gasteiger partial charge on any atom is -0.344 e. The topological polar surface area (TPSA) is 110 Å². The molecule has 0 aliphatic rings. The normalized spacial score (nSPS) is 12.7. The number of hydrogen-bond acceptors (Lipinski definition) is 6. The zero-order chi connectivity index (χ0) is 21.7. The van der Waals surface area contributed by atoms with Gasteiger partial charge in [-0.05, 0) is 36.8 Å². The van der Waals surface area contributed by atoms with Crippen molar-refractivity contribution in [3.8, 4) is 5.82 Å². The number of amides is 1. The summed E-state index contributed by atoms with van der Waals surface area (Å²) in [6, 6.07) is 9.46. The zero-order valence-corrected chi connectivity index (χ0v) is 17.9. The summed E-state index contributed by atoms with van der Waals surface area (Å²) in [5.74, 6) is 0.189. The number of aromatic nitrogens is 4. The lowest BCUT2D eigenvalue weighted by Crippen LogP contribution is -2.30. The highest BCUT2D eigenvalue weighted by Crippen LogP contribution is 2.19. The number of carbonyl (C=O) groups excluding carboxylic acids is 1. The van der Waals surface area contributed by atoms with Gasteiger partial charge in [-0.2, -0.15) is 4.31 Å². The number of carbonyl (C=O) groups is 1. The fourth-order valence-electron chi connectivity index (χ4n) is 2.97. The van der Waals surface area contributed by atoms with Crippen molar-refractivity contribution in [1.29, 1.82) is 0 Å². The van der Waals surface area contributed by atoms with Crippen LogP contribution in [0.3, 0.4) is 0 Å². The highest BCUT2D eigenvalue weighted by molar-refractivity contribution is 7.89. The van der Waals surface area contributed by atoms with Crippen LogP contribution in [-0.4, -0.2) is 51.5 Å². The van der Waals surface area contributed by atoms with E-state index in [0.29, 0.717) is 18.9 Å². The largest absolute Gasteiger partial charge is 0.344 e. The molecule has 2 heterocycles. The van der Waals surface area contributed by atoms with Crippen molar-refractivity contribution < 1.29 is 13.2 Å². The Kier molecular flexibility index (Phi) is 6.58. The summed E-state index contributed by atoms with van der Waals surface area (Å²) in [5, 5.41) is 10.9. The van der Waals surface area contributed by atoms with Crippen molar-refractivity contribution >= 4 is 15.9 Å². The van der Waals surface area contributed by atoms with Gasteiger partial charge in [-0.25, -0.2) is 13.4 Å². The average Bonchev–Trinajstić information content (AvgIpc) is 3.29. The molecule has 1 N–H and O–H groups in total. The second-order valence-electron chi connectivity index (χ2n) is 6.60. The number of nitrogens with zero attached hydrogens (tertiary/aromatic N) is 5. The van der Waals surface area contributed by atoms with Gasteiger partial charge in [0.15, 0.2) is 11.5 Å². The molecule has 1 aromatic carbocycles. The Bertz CT molecular complexity index is 1080. The van der Waals surface area contributed by atoms with Crippen molar-refractivity contribution in [2.75, 3.05) is 13.1 Å². The quantitative estimate of drug-likeness (QED) is 0.589. The van der Waals surface area contributed by atoms with Gasteiger partial charge < -0.3 is 5.32 Å². The van der Waals surface area contributed by atoms with E-state index in [4.69, 9.17) is 0 Å². The first-order chi connectivity index (χ1) is 14.4. The molecule has 10 heteroatoms. The Morgan fingerprint density at radius 2 is 1.80 bits per heavy atom. The molecule has 0 unspecified atom stereocenters. The predicted molar refractivity (Wildman–Crippen MR) is 112 cm³/mol. The molecule has 1 atom stereocenters. The van der Waals surface area contributed by atoms with Crippen LogP contribution in [0.4, 0.5) is 0 Å². The smallest absolute Gasteiger partial charge is 0.272 e. The molecular formula is C20H24N6O3S. The van der Waals surface area contributed by atoms with Crippen LogP contribution in [0, 0.1) is 0 Å². The highest BCUT2D eigenvalue weighted by Gasteiger charge is 2.22. The molecule has 1 amide bonds. The molecular weight excluding hydrogens is 404 g/mol. The summed E-state index contributed by atoms with van der Waals surface area (Å²) in [6.45, 7) is 6.25. The molecule has 0 saturated carbocycles. The number of imidazole rings is 1. The minimum absolute atomic E-state index is 0.187. The van der Waals surface area contributed by atoms with E-state index in [2.05, 4.69) is 20.5 Å². The van der Waals surface area contributed by atoms with E-state index in [1.807, 2.05) is 6.92 Å². The fourth-order valence-corrected chi connectivity index (χ4v) is 4.43. The molecule has 0 aliphatic heterocycles. The van der Waals surface area contributed by atoms with E-state index < -0.39 is 10.0 Å². The van der Waals surface area contributed by atoms with Crippen molar-refractivity contribution in [3.05, 3.63) is 66.4 Å². The van der Waals surface area contributed by atoms with Gasteiger partial charge in [0.2, 0.25) is 10.0 Å².